The summed E-state index contributed by atoms with van der Waals surface area (Å²) in [6, 6.07) is 0. The highest BCUT2D eigenvalue weighted by atomic mass is 31.2. The van der Waals surface area contributed by atoms with Crippen LogP contribution in [0.5, 0.6) is 0 Å². The van der Waals surface area contributed by atoms with E-state index in [2.05, 4.69) is 18.7 Å². The highest BCUT2D eigenvalue weighted by molar-refractivity contribution is 7.55. The van der Waals surface area contributed by atoms with Gasteiger partial charge in [0.2, 0.25) is 0 Å². The van der Waals surface area contributed by atoms with Gasteiger partial charge in [-0.1, -0.05) is 0 Å². The van der Waals surface area contributed by atoms with E-state index in [9.17, 15) is 9.13 Å². The molecule has 11 heavy (non-hydrogen) atoms. The maximum Gasteiger partial charge on any atom is 0.742 e. The summed E-state index contributed by atoms with van der Waals surface area (Å²) >= 11 is 0. The summed E-state index contributed by atoms with van der Waals surface area (Å²) in [5.74, 6) is 0. The first-order valence-electron chi connectivity index (χ1n) is 1.83. The number of phosphoric acid groups is 1. The van der Waals surface area contributed by atoms with Crippen LogP contribution in [0, 0.1) is 0 Å². The third kappa shape index (κ3) is 5.33. The molecule has 0 radical (unpaired) electrons. The third-order valence-corrected chi connectivity index (χ3v) is 2.12. The molecule has 0 saturated heterocycles. The normalized spacial score (nSPS) is 17.5. The van der Waals surface area contributed by atoms with Crippen molar-refractivity contribution >= 4 is 16.1 Å². The smallest absolute Gasteiger partial charge is 0.298 e. The zero-order chi connectivity index (χ0) is 8.91. The fraction of sp³-hybridized carbons (Fsp3) is 0. The monoisotopic (exact) mass is 209 g/mol. The lowest BCUT2D eigenvalue weighted by Gasteiger charge is -1.93. The quantitative estimate of drug-likeness (QED) is 0.339. The van der Waals surface area contributed by atoms with Gasteiger partial charge in [-0.3, -0.25) is 4.89 Å². The molecule has 0 saturated carbocycles. The summed E-state index contributed by atoms with van der Waals surface area (Å²) in [7, 11) is -8.00. The molecule has 0 aliphatic rings. The minimum absolute atomic E-state index is 2.82. The van der Waals surface area contributed by atoms with E-state index in [1.165, 1.54) is 0 Å². The number of rotatable bonds is 5. The van der Waals surface area contributed by atoms with E-state index in [1.807, 2.05) is 0 Å². The van der Waals surface area contributed by atoms with Gasteiger partial charge in [-0.15, -0.1) is 4.67 Å². The summed E-state index contributed by atoms with van der Waals surface area (Å²) in [5.41, 5.74) is 0. The van der Waals surface area contributed by atoms with E-state index in [0.29, 0.717) is 0 Å². The molecule has 0 heterocycles. The Kier molecular flexibility index (Phi) is 4.86. The predicted octanol–water partition coefficient (Wildman–Crippen LogP) is 0.672. The van der Waals surface area contributed by atoms with Crippen molar-refractivity contribution in [2.24, 2.45) is 0 Å². The molecule has 0 fully saturated rings. The molecule has 0 spiro atoms. The van der Waals surface area contributed by atoms with Gasteiger partial charge in [0.15, 0.2) is 0 Å². The maximum absolute atomic E-state index is 10.1. The van der Waals surface area contributed by atoms with Crippen molar-refractivity contribution in [2.45, 2.75) is 0 Å². The molecule has 0 bridgehead atoms. The molecule has 0 aliphatic heterocycles. The van der Waals surface area contributed by atoms with Gasteiger partial charge in [-0.25, -0.2) is 15.1 Å². The Morgan fingerprint density at radius 1 is 1.36 bits per heavy atom. The van der Waals surface area contributed by atoms with Gasteiger partial charge in [0.25, 0.3) is 0 Å². The summed E-state index contributed by atoms with van der Waals surface area (Å²) < 4.78 is 29.9. The zero-order valence-corrected chi connectivity index (χ0v) is 6.47. The van der Waals surface area contributed by atoms with E-state index in [0.717, 1.165) is 0 Å². The topological polar surface area (TPSA) is 132 Å². The van der Waals surface area contributed by atoms with Gasteiger partial charge in [0.05, 0.1) is 4.67 Å². The van der Waals surface area contributed by atoms with E-state index in [4.69, 9.17) is 15.4 Å². The lowest BCUT2D eigenvalue weighted by molar-refractivity contribution is -0.439. The molecule has 2 atom stereocenters. The number of hydrogen-bond donors (Lipinski definition) is 3. The van der Waals surface area contributed by atoms with Gasteiger partial charge in [0.1, 0.15) is 0 Å². The first-order chi connectivity index (χ1) is 5.02. The maximum atomic E-state index is 10.1. The second-order valence-electron chi connectivity index (χ2n) is 1.00. The first kappa shape index (κ1) is 11.1. The van der Waals surface area contributed by atoms with Crippen molar-refractivity contribution in [2.75, 3.05) is 0 Å². The standard InChI is InChI=1S/H2O9P2/c1-6-8-10(3)9-11(4,5)7-2/h(H2-,1,2,4,5)/p+1. The fourth-order valence-corrected chi connectivity index (χ4v) is 1.10. The van der Waals surface area contributed by atoms with Crippen LogP contribution in [-0.4, -0.2) is 15.4 Å². The first-order valence-corrected chi connectivity index (χ1v) is 4.42. The van der Waals surface area contributed by atoms with Crippen LogP contribution in [-0.2, 0) is 27.8 Å². The minimum atomic E-state index is -4.80. The van der Waals surface area contributed by atoms with Gasteiger partial charge in [-0.05, 0) is 5.04 Å². The van der Waals surface area contributed by atoms with E-state index in [1.54, 1.807) is 0 Å². The predicted molar refractivity (Wildman–Crippen MR) is 27.0 cm³/mol. The molecular weight excluding hydrogens is 206 g/mol. The highest BCUT2D eigenvalue weighted by Gasteiger charge is 2.39. The average molecular weight is 209 g/mol. The molecule has 0 aromatic carbocycles. The Morgan fingerprint density at radius 2 is 1.91 bits per heavy atom. The average Bonchev–Trinajstić information content (AvgIpc) is 1.87. The van der Waals surface area contributed by atoms with E-state index in [-0.39, 0.29) is 0 Å². The Hall–Kier alpha value is 0.0500. The molecule has 3 N–H and O–H groups in total. The van der Waals surface area contributed by atoms with Crippen molar-refractivity contribution in [3.05, 3.63) is 0 Å². The highest BCUT2D eigenvalue weighted by Crippen LogP contribution is 2.51. The van der Waals surface area contributed by atoms with Crippen molar-refractivity contribution in [1.82, 2.24) is 0 Å². The second kappa shape index (κ2) is 4.83. The Labute approximate surface area is 60.4 Å². The summed E-state index contributed by atoms with van der Waals surface area (Å²) in [6.45, 7) is 0. The molecule has 11 heteroatoms. The lowest BCUT2D eigenvalue weighted by atomic mass is 14.6. The molecule has 0 aliphatic carbocycles. The molecule has 2 unspecified atom stereocenters. The minimum Gasteiger partial charge on any atom is -0.298 e. The molecule has 66 valence electrons. The van der Waals surface area contributed by atoms with Crippen molar-refractivity contribution in [3.63, 3.8) is 0 Å². The largest absolute Gasteiger partial charge is 0.742 e. The van der Waals surface area contributed by atoms with E-state index >= 15 is 0 Å². The zero-order valence-electron chi connectivity index (χ0n) is 4.69. The van der Waals surface area contributed by atoms with Crippen molar-refractivity contribution in [1.29, 1.82) is 0 Å². The molecule has 0 rings (SSSR count). The van der Waals surface area contributed by atoms with Gasteiger partial charge < -0.3 is 0 Å². The van der Waals surface area contributed by atoms with Crippen LogP contribution in [0.25, 0.3) is 0 Å². The SMILES string of the molecule is O=[P+](OOO)OP(=O)(O)OO. The second-order valence-corrected chi connectivity index (χ2v) is 3.35. The Morgan fingerprint density at radius 3 is 2.27 bits per heavy atom. The summed E-state index contributed by atoms with van der Waals surface area (Å²) in [5, 5.41) is 17.8. The van der Waals surface area contributed by atoms with Crippen LogP contribution in [0.2, 0.25) is 0 Å². The summed E-state index contributed by atoms with van der Waals surface area (Å²) in [4.78, 5) is 8.18. The third-order valence-electron chi connectivity index (χ3n) is 0.367. The Balaban J connectivity index is 3.84. The summed E-state index contributed by atoms with van der Waals surface area (Å²) in [6.07, 6.45) is 0. The van der Waals surface area contributed by atoms with Gasteiger partial charge in [-0.2, -0.15) is 0 Å². The molecule has 0 aromatic rings. The number of hydrogen-bond acceptors (Lipinski definition) is 8. The van der Waals surface area contributed by atoms with Crippen LogP contribution in [0.4, 0.5) is 0 Å². The van der Waals surface area contributed by atoms with Crippen LogP contribution < -0.4 is 0 Å². The molecule has 9 nitrogen and oxygen atoms in total. The molecule has 0 aromatic heterocycles. The molecular formula is H3O9P2+. The van der Waals surface area contributed by atoms with Gasteiger partial charge in [0, 0.05) is 8.88 Å². The lowest BCUT2D eigenvalue weighted by Crippen LogP contribution is -1.86. The van der Waals surface area contributed by atoms with Crippen LogP contribution >= 0.6 is 16.1 Å². The van der Waals surface area contributed by atoms with Crippen LogP contribution in [0.3, 0.4) is 0 Å². The van der Waals surface area contributed by atoms with Crippen LogP contribution in [0.1, 0.15) is 0 Å². The molecule has 0 amide bonds. The van der Waals surface area contributed by atoms with Gasteiger partial charge >= 0.3 is 16.1 Å². The van der Waals surface area contributed by atoms with Crippen LogP contribution in [0.15, 0.2) is 0 Å². The van der Waals surface area contributed by atoms with Crippen molar-refractivity contribution in [3.8, 4) is 0 Å². The Bertz CT molecular complexity index is 170. The van der Waals surface area contributed by atoms with E-state index < -0.39 is 16.1 Å². The van der Waals surface area contributed by atoms with Crippen molar-refractivity contribution < 1.29 is 43.2 Å². The fourth-order valence-electron chi connectivity index (χ4n) is 0.140.